The fourth-order valence-electron chi connectivity index (χ4n) is 2.12. The van der Waals surface area contributed by atoms with Crippen molar-refractivity contribution in [2.24, 2.45) is 11.1 Å². The first kappa shape index (κ1) is 15.6. The minimum absolute atomic E-state index is 0.225. The zero-order valence-corrected chi connectivity index (χ0v) is 14.2. The van der Waals surface area contributed by atoms with Crippen LogP contribution in [-0.4, -0.2) is 54.4 Å². The van der Waals surface area contributed by atoms with Crippen molar-refractivity contribution in [2.75, 3.05) is 37.8 Å². The maximum Gasteiger partial charge on any atom is 0.226 e. The van der Waals surface area contributed by atoms with E-state index in [1.54, 1.807) is 12.4 Å². The molecule has 7 nitrogen and oxygen atoms in total. The summed E-state index contributed by atoms with van der Waals surface area (Å²) in [5.74, 6) is 0.448. The van der Waals surface area contributed by atoms with E-state index >= 15 is 0 Å². The summed E-state index contributed by atoms with van der Waals surface area (Å²) >= 11 is 3.32. The normalized spacial score (nSPS) is 21.4. The topological polar surface area (TPSA) is 69.1 Å². The Morgan fingerprint density at radius 3 is 2.59 bits per heavy atom. The zero-order valence-electron chi connectivity index (χ0n) is 12.7. The molecule has 8 heteroatoms. The highest BCUT2D eigenvalue weighted by atomic mass is 79.9. The van der Waals surface area contributed by atoms with Gasteiger partial charge in [0.15, 0.2) is 5.79 Å². The molecule has 0 saturated carbocycles. The van der Waals surface area contributed by atoms with Gasteiger partial charge in [0.05, 0.1) is 36.5 Å². The van der Waals surface area contributed by atoms with Gasteiger partial charge in [-0.2, -0.15) is 0 Å². The van der Waals surface area contributed by atoms with Crippen LogP contribution in [0.25, 0.3) is 0 Å². The van der Waals surface area contributed by atoms with Gasteiger partial charge in [-0.1, -0.05) is 5.16 Å². The van der Waals surface area contributed by atoms with Crippen molar-refractivity contribution in [1.82, 2.24) is 9.97 Å². The third-order valence-corrected chi connectivity index (χ3v) is 3.88. The maximum atomic E-state index is 5.58. The van der Waals surface area contributed by atoms with Crippen LogP contribution in [0.5, 0.6) is 0 Å². The molecule has 0 aliphatic carbocycles. The summed E-state index contributed by atoms with van der Waals surface area (Å²) in [4.78, 5) is 15.9. The predicted molar refractivity (Wildman–Crippen MR) is 84.8 cm³/mol. The van der Waals surface area contributed by atoms with Gasteiger partial charge in [0.1, 0.15) is 6.61 Å². The van der Waals surface area contributed by atoms with Crippen molar-refractivity contribution >= 4 is 27.6 Å². The maximum absolute atomic E-state index is 5.58. The quantitative estimate of drug-likeness (QED) is 0.753. The average Bonchev–Trinajstić information content (AvgIpc) is 2.44. The molecule has 3 heterocycles. The van der Waals surface area contributed by atoms with Gasteiger partial charge in [-0.3, -0.25) is 0 Å². The van der Waals surface area contributed by atoms with Crippen LogP contribution in [0.2, 0.25) is 0 Å². The molecule has 3 rings (SSSR count). The predicted octanol–water partition coefficient (Wildman–Crippen LogP) is 1.83. The van der Waals surface area contributed by atoms with Gasteiger partial charge in [0, 0.05) is 18.3 Å². The lowest BCUT2D eigenvalue weighted by atomic mass is 10.1. The van der Waals surface area contributed by atoms with E-state index in [0.29, 0.717) is 38.9 Å². The van der Waals surface area contributed by atoms with Crippen LogP contribution in [0.4, 0.5) is 5.95 Å². The van der Waals surface area contributed by atoms with Crippen LogP contribution in [0.3, 0.4) is 0 Å². The van der Waals surface area contributed by atoms with E-state index in [1.165, 1.54) is 0 Å². The van der Waals surface area contributed by atoms with Crippen LogP contribution in [0.15, 0.2) is 22.0 Å². The molecule has 2 aliphatic rings. The van der Waals surface area contributed by atoms with E-state index in [-0.39, 0.29) is 5.92 Å². The Labute approximate surface area is 137 Å². The molecular weight excluding hydrogens is 352 g/mol. The number of oxime groups is 1. The van der Waals surface area contributed by atoms with Gasteiger partial charge in [0.2, 0.25) is 5.95 Å². The summed E-state index contributed by atoms with van der Waals surface area (Å²) in [5.41, 5.74) is 0.990. The number of halogens is 1. The second-order valence-electron chi connectivity index (χ2n) is 5.90. The molecule has 0 atom stereocenters. The second kappa shape index (κ2) is 6.47. The fraction of sp³-hybridized carbons (Fsp3) is 0.643. The Morgan fingerprint density at radius 1 is 1.32 bits per heavy atom. The summed E-state index contributed by atoms with van der Waals surface area (Å²) in [7, 11) is 0. The largest absolute Gasteiger partial charge is 0.395 e. The molecule has 0 N–H and O–H groups in total. The summed E-state index contributed by atoms with van der Waals surface area (Å²) < 4.78 is 12.0. The molecule has 2 fully saturated rings. The van der Waals surface area contributed by atoms with Gasteiger partial charge in [-0.25, -0.2) is 9.97 Å². The van der Waals surface area contributed by atoms with Gasteiger partial charge in [0.25, 0.3) is 0 Å². The molecular formula is C14H19BrN4O3. The molecule has 0 bridgehead atoms. The Balaban J connectivity index is 1.38. The number of nitrogens with zero attached hydrogens (tertiary/aromatic N) is 4. The molecule has 1 aromatic heterocycles. The van der Waals surface area contributed by atoms with Gasteiger partial charge >= 0.3 is 0 Å². The molecule has 2 aliphatic heterocycles. The lowest BCUT2D eigenvalue weighted by molar-refractivity contribution is -0.266. The molecule has 1 aromatic rings. The van der Waals surface area contributed by atoms with Crippen molar-refractivity contribution in [3.05, 3.63) is 16.9 Å². The zero-order chi connectivity index (χ0) is 15.6. The molecule has 0 amide bonds. The highest BCUT2D eigenvalue weighted by Crippen LogP contribution is 2.21. The summed E-state index contributed by atoms with van der Waals surface area (Å²) in [5, 5.41) is 4.15. The number of aromatic nitrogens is 2. The molecule has 0 spiro atoms. The van der Waals surface area contributed by atoms with Crippen LogP contribution < -0.4 is 4.90 Å². The third kappa shape index (κ3) is 3.93. The minimum Gasteiger partial charge on any atom is -0.395 e. The lowest BCUT2D eigenvalue weighted by Crippen LogP contribution is -2.48. The number of hydrogen-bond acceptors (Lipinski definition) is 7. The van der Waals surface area contributed by atoms with Gasteiger partial charge < -0.3 is 19.2 Å². The first-order valence-corrected chi connectivity index (χ1v) is 7.99. The Kier molecular flexibility index (Phi) is 4.60. The summed E-state index contributed by atoms with van der Waals surface area (Å²) in [6.45, 7) is 7.01. The molecule has 2 saturated heterocycles. The van der Waals surface area contributed by atoms with E-state index in [0.717, 1.165) is 10.2 Å². The Morgan fingerprint density at radius 2 is 1.95 bits per heavy atom. The highest BCUT2D eigenvalue weighted by Gasteiger charge is 2.29. The fourth-order valence-corrected chi connectivity index (χ4v) is 2.32. The first-order valence-electron chi connectivity index (χ1n) is 7.20. The first-order chi connectivity index (χ1) is 10.5. The van der Waals surface area contributed by atoms with Crippen molar-refractivity contribution in [3.63, 3.8) is 0 Å². The SMILES string of the molecule is CC1(C)OCC(CON=C2CN(c3ncc(Br)cn3)C2)CO1. The molecule has 120 valence electrons. The average molecular weight is 371 g/mol. The van der Waals surface area contributed by atoms with Crippen LogP contribution in [-0.2, 0) is 14.3 Å². The molecule has 0 aromatic carbocycles. The second-order valence-corrected chi connectivity index (χ2v) is 6.81. The smallest absolute Gasteiger partial charge is 0.226 e. The van der Waals surface area contributed by atoms with Crippen molar-refractivity contribution in [3.8, 4) is 0 Å². The lowest BCUT2D eigenvalue weighted by Gasteiger charge is -2.34. The van der Waals surface area contributed by atoms with Crippen LogP contribution >= 0.6 is 15.9 Å². The summed E-state index contributed by atoms with van der Waals surface area (Å²) in [6, 6.07) is 0. The van der Waals surface area contributed by atoms with Gasteiger partial charge in [-0.15, -0.1) is 0 Å². The molecule has 0 radical (unpaired) electrons. The number of ether oxygens (including phenoxy) is 2. The highest BCUT2D eigenvalue weighted by molar-refractivity contribution is 9.10. The number of rotatable bonds is 4. The van der Waals surface area contributed by atoms with E-state index < -0.39 is 5.79 Å². The number of hydrogen-bond donors (Lipinski definition) is 0. The van der Waals surface area contributed by atoms with E-state index in [2.05, 4.69) is 31.1 Å². The van der Waals surface area contributed by atoms with Gasteiger partial charge in [-0.05, 0) is 29.8 Å². The third-order valence-electron chi connectivity index (χ3n) is 3.47. The summed E-state index contributed by atoms with van der Waals surface area (Å²) in [6.07, 6.45) is 3.47. The van der Waals surface area contributed by atoms with Crippen molar-refractivity contribution in [1.29, 1.82) is 0 Å². The van der Waals surface area contributed by atoms with Crippen LogP contribution in [0, 0.1) is 5.92 Å². The molecule has 22 heavy (non-hydrogen) atoms. The van der Waals surface area contributed by atoms with E-state index in [1.807, 2.05) is 18.7 Å². The Hall–Kier alpha value is -1.25. The van der Waals surface area contributed by atoms with Crippen LogP contribution in [0.1, 0.15) is 13.8 Å². The van der Waals surface area contributed by atoms with E-state index in [9.17, 15) is 0 Å². The van der Waals surface area contributed by atoms with Crippen molar-refractivity contribution in [2.45, 2.75) is 19.6 Å². The molecule has 0 unspecified atom stereocenters. The Bertz CT molecular complexity index is 532. The standard InChI is InChI=1S/C14H19BrN4O3/c1-14(2)20-7-10(8-21-14)9-22-18-12-5-19(6-12)13-16-3-11(15)4-17-13/h3-4,10H,5-9H2,1-2H3. The number of anilines is 1. The van der Waals surface area contributed by atoms with E-state index in [4.69, 9.17) is 14.3 Å². The monoisotopic (exact) mass is 370 g/mol. The minimum atomic E-state index is -0.485. The van der Waals surface area contributed by atoms with Crippen molar-refractivity contribution < 1.29 is 14.3 Å².